The van der Waals surface area contributed by atoms with Crippen molar-refractivity contribution in [3.8, 4) is 62.1 Å². The van der Waals surface area contributed by atoms with Gasteiger partial charge < -0.3 is 13.4 Å². The van der Waals surface area contributed by atoms with E-state index in [1.165, 1.54) is 10.8 Å². The summed E-state index contributed by atoms with van der Waals surface area (Å²) in [7, 11) is 0. The minimum absolute atomic E-state index is 0.519. The van der Waals surface area contributed by atoms with Gasteiger partial charge in [-0.2, -0.15) is 0 Å². The van der Waals surface area contributed by atoms with E-state index in [1.807, 2.05) is 60.7 Å². The van der Waals surface area contributed by atoms with Crippen LogP contribution < -0.4 is 0 Å². The van der Waals surface area contributed by atoms with Gasteiger partial charge in [-0.15, -0.1) is 0 Å². The molecule has 0 radical (unpaired) electrons. The number of rotatable bonds is 6. The first-order valence-corrected chi connectivity index (χ1v) is 21.1. The summed E-state index contributed by atoms with van der Waals surface area (Å²) < 4.78 is 15.8. The average molecular weight is 807 g/mol. The van der Waals surface area contributed by atoms with Gasteiger partial charge in [0, 0.05) is 54.7 Å². The molecule has 0 aliphatic heterocycles. The van der Waals surface area contributed by atoms with Crippen LogP contribution in [0, 0.1) is 0 Å². The van der Waals surface area contributed by atoms with Crippen LogP contribution in [0.2, 0.25) is 0 Å². The minimum atomic E-state index is 0.519. The quantitative estimate of drug-likeness (QED) is 0.167. The number of aromatic nitrogens is 4. The van der Waals surface area contributed by atoms with Crippen molar-refractivity contribution in [2.24, 2.45) is 0 Å². The third-order valence-electron chi connectivity index (χ3n) is 12.3. The lowest BCUT2D eigenvalue weighted by molar-refractivity contribution is 0.669. The van der Waals surface area contributed by atoms with Crippen molar-refractivity contribution in [1.82, 2.24) is 19.5 Å². The first-order chi connectivity index (χ1) is 31.2. The number of nitrogens with zero attached hydrogens (tertiary/aromatic N) is 4. The van der Waals surface area contributed by atoms with Crippen LogP contribution >= 0.6 is 0 Å². The smallest absolute Gasteiger partial charge is 0.167 e. The molecule has 0 N–H and O–H groups in total. The van der Waals surface area contributed by atoms with Crippen molar-refractivity contribution in [3.05, 3.63) is 206 Å². The lowest BCUT2D eigenvalue weighted by atomic mass is 9.96. The van der Waals surface area contributed by atoms with Crippen molar-refractivity contribution in [2.75, 3.05) is 0 Å². The van der Waals surface area contributed by atoms with Crippen molar-refractivity contribution in [2.45, 2.75) is 0 Å². The highest BCUT2D eigenvalue weighted by atomic mass is 16.3. The topological polar surface area (TPSA) is 69.9 Å². The Morgan fingerprint density at radius 1 is 0.302 bits per heavy atom. The van der Waals surface area contributed by atoms with Gasteiger partial charge in [-0.1, -0.05) is 164 Å². The SMILES string of the molecule is c1ccc(-c2ccccc2-c2nc(-c3ccccc3-c3cc(-n4c5ccccc5c5ccccc54)cc4c3oc3ccccc34)nc(-c3cccc4c3oc3ccccc34)n2)cc1. The number of hydrogen-bond donors (Lipinski definition) is 0. The second kappa shape index (κ2) is 14.0. The fraction of sp³-hybridized carbons (Fsp3) is 0. The molecule has 9 aromatic carbocycles. The van der Waals surface area contributed by atoms with Gasteiger partial charge in [-0.3, -0.25) is 0 Å². The number of benzene rings is 9. The maximum absolute atomic E-state index is 6.83. The highest BCUT2D eigenvalue weighted by Gasteiger charge is 2.24. The first-order valence-electron chi connectivity index (χ1n) is 21.1. The standard InChI is InChI=1S/C57H34N4O2/c1-2-17-35(18-3-1)37-19-4-6-25-44(37)55-58-56(60-57(59-55)46-28-16-27-43-41-23-10-14-31-51(41)62-53(43)46)45-26-7-5-20-38(45)47-33-36(34-48-42-24-11-15-32-52(42)63-54(47)48)61-49-29-12-8-21-39(49)40-22-9-13-30-50(40)61/h1-34H. The van der Waals surface area contributed by atoms with Gasteiger partial charge in [0.15, 0.2) is 17.5 Å². The molecule has 0 spiro atoms. The molecule has 294 valence electrons. The van der Waals surface area contributed by atoms with E-state index in [9.17, 15) is 0 Å². The van der Waals surface area contributed by atoms with Gasteiger partial charge in [-0.05, 0) is 59.2 Å². The van der Waals surface area contributed by atoms with Crippen molar-refractivity contribution < 1.29 is 8.83 Å². The van der Waals surface area contributed by atoms with Crippen LogP contribution in [0.5, 0.6) is 0 Å². The van der Waals surface area contributed by atoms with Gasteiger partial charge in [0.25, 0.3) is 0 Å². The van der Waals surface area contributed by atoms with Crippen LogP contribution in [-0.4, -0.2) is 19.5 Å². The molecule has 0 aliphatic carbocycles. The third-order valence-corrected chi connectivity index (χ3v) is 12.3. The Bertz CT molecular complexity index is 3880. The van der Waals surface area contributed by atoms with Crippen molar-refractivity contribution >= 4 is 65.7 Å². The van der Waals surface area contributed by atoms with E-state index in [4.69, 9.17) is 23.8 Å². The predicted octanol–water partition coefficient (Wildman–Crippen LogP) is 15.1. The van der Waals surface area contributed by atoms with Crippen LogP contribution in [-0.2, 0) is 0 Å². The summed E-state index contributed by atoms with van der Waals surface area (Å²) in [5.41, 5.74) is 13.0. The predicted molar refractivity (Wildman–Crippen MR) is 256 cm³/mol. The van der Waals surface area contributed by atoms with Crippen LogP contribution in [0.25, 0.3) is 128 Å². The van der Waals surface area contributed by atoms with E-state index in [1.54, 1.807) is 0 Å². The summed E-state index contributed by atoms with van der Waals surface area (Å²) in [5, 5.41) is 6.53. The molecular formula is C57H34N4O2. The number of hydrogen-bond acceptors (Lipinski definition) is 5. The number of furan rings is 2. The molecule has 6 nitrogen and oxygen atoms in total. The number of para-hydroxylation sites is 5. The van der Waals surface area contributed by atoms with Crippen LogP contribution in [0.4, 0.5) is 0 Å². The lowest BCUT2D eigenvalue weighted by Crippen LogP contribution is -2.02. The highest BCUT2D eigenvalue weighted by Crippen LogP contribution is 2.44. The zero-order valence-electron chi connectivity index (χ0n) is 33.7. The summed E-state index contributed by atoms with van der Waals surface area (Å²) in [6.07, 6.45) is 0. The Balaban J connectivity index is 1.10. The molecule has 4 heterocycles. The van der Waals surface area contributed by atoms with E-state index < -0.39 is 0 Å². The lowest BCUT2D eigenvalue weighted by Gasteiger charge is -2.15. The Morgan fingerprint density at radius 3 is 1.40 bits per heavy atom. The van der Waals surface area contributed by atoms with Crippen LogP contribution in [0.1, 0.15) is 0 Å². The fourth-order valence-electron chi connectivity index (χ4n) is 9.46. The average Bonchev–Trinajstić information content (AvgIpc) is 4.04. The summed E-state index contributed by atoms with van der Waals surface area (Å²) >= 11 is 0. The monoisotopic (exact) mass is 806 g/mol. The van der Waals surface area contributed by atoms with Crippen LogP contribution in [0.15, 0.2) is 215 Å². The zero-order valence-corrected chi connectivity index (χ0v) is 33.7. The molecule has 0 amide bonds. The summed E-state index contributed by atoms with van der Waals surface area (Å²) in [6, 6.07) is 71.4. The van der Waals surface area contributed by atoms with Crippen molar-refractivity contribution in [1.29, 1.82) is 0 Å². The second-order valence-electron chi connectivity index (χ2n) is 15.9. The van der Waals surface area contributed by atoms with Gasteiger partial charge in [-0.25, -0.2) is 15.0 Å². The molecule has 0 atom stereocenters. The van der Waals surface area contributed by atoms with E-state index in [0.29, 0.717) is 17.5 Å². The molecule has 13 rings (SSSR count). The molecule has 0 fully saturated rings. The molecule has 6 heteroatoms. The molecule has 0 bridgehead atoms. The largest absolute Gasteiger partial charge is 0.455 e. The van der Waals surface area contributed by atoms with E-state index in [-0.39, 0.29) is 0 Å². The van der Waals surface area contributed by atoms with Gasteiger partial charge in [0.05, 0.1) is 16.6 Å². The van der Waals surface area contributed by atoms with E-state index in [0.717, 1.165) is 99.5 Å². The molecule has 13 aromatic rings. The van der Waals surface area contributed by atoms with Crippen molar-refractivity contribution in [3.63, 3.8) is 0 Å². The molecule has 63 heavy (non-hydrogen) atoms. The van der Waals surface area contributed by atoms with E-state index in [2.05, 4.69) is 150 Å². The first kappa shape index (κ1) is 35.2. The van der Waals surface area contributed by atoms with Gasteiger partial charge in [0.2, 0.25) is 0 Å². The summed E-state index contributed by atoms with van der Waals surface area (Å²) in [6.45, 7) is 0. The Morgan fingerprint density at radius 2 is 0.746 bits per heavy atom. The maximum atomic E-state index is 6.83. The Kier molecular flexibility index (Phi) is 7.80. The molecule has 0 saturated heterocycles. The molecule has 0 saturated carbocycles. The third kappa shape index (κ3) is 5.55. The minimum Gasteiger partial charge on any atom is -0.455 e. The molecule has 4 aromatic heterocycles. The zero-order chi connectivity index (χ0) is 41.4. The molecule has 0 aliphatic rings. The normalized spacial score (nSPS) is 11.8. The van der Waals surface area contributed by atoms with Crippen LogP contribution in [0.3, 0.4) is 0 Å². The molecular weight excluding hydrogens is 773 g/mol. The Hall–Kier alpha value is -8.61. The summed E-state index contributed by atoms with van der Waals surface area (Å²) in [5.74, 6) is 1.61. The fourth-order valence-corrected chi connectivity index (χ4v) is 9.46. The Labute approximate surface area is 361 Å². The maximum Gasteiger partial charge on any atom is 0.167 e. The summed E-state index contributed by atoms with van der Waals surface area (Å²) in [4.78, 5) is 16.0. The van der Waals surface area contributed by atoms with Gasteiger partial charge in [0.1, 0.15) is 22.3 Å². The highest BCUT2D eigenvalue weighted by molar-refractivity contribution is 6.14. The van der Waals surface area contributed by atoms with Gasteiger partial charge >= 0.3 is 0 Å². The molecule has 0 unspecified atom stereocenters. The second-order valence-corrected chi connectivity index (χ2v) is 15.9. The number of fused-ring (bicyclic) bond motifs is 9. The van der Waals surface area contributed by atoms with E-state index >= 15 is 0 Å².